The second-order valence-corrected chi connectivity index (χ2v) is 8.43. The van der Waals surface area contributed by atoms with Gasteiger partial charge in [-0.1, -0.05) is 75.4 Å². The average Bonchev–Trinajstić information content (AvgIpc) is 2.76. The number of aryl methyl sites for hydroxylation is 1. The fourth-order valence-electron chi connectivity index (χ4n) is 4.90. The molecule has 4 aromatic carbocycles. The van der Waals surface area contributed by atoms with Crippen LogP contribution in [0.4, 0.5) is 0 Å². The summed E-state index contributed by atoms with van der Waals surface area (Å²) in [6, 6.07) is 27.0. The van der Waals surface area contributed by atoms with Crippen molar-refractivity contribution in [3.05, 3.63) is 106 Å². The van der Waals surface area contributed by atoms with Gasteiger partial charge in [0.2, 0.25) is 0 Å². The lowest BCUT2D eigenvalue weighted by atomic mass is 9.74. The predicted molar refractivity (Wildman–Crippen MR) is 125 cm³/mol. The van der Waals surface area contributed by atoms with Gasteiger partial charge in [-0.3, -0.25) is 0 Å². The molecule has 0 bridgehead atoms. The number of hydrogen-bond acceptors (Lipinski definition) is 2. The molecule has 0 saturated heterocycles. The fourth-order valence-corrected chi connectivity index (χ4v) is 4.90. The lowest BCUT2D eigenvalue weighted by Crippen LogP contribution is -2.20. The molecule has 0 fully saturated rings. The summed E-state index contributed by atoms with van der Waals surface area (Å²) in [6.07, 6.45) is 0.987. The van der Waals surface area contributed by atoms with E-state index in [2.05, 4.69) is 75.4 Å². The highest BCUT2D eigenvalue weighted by Gasteiger charge is 2.28. The molecule has 0 spiro atoms. The van der Waals surface area contributed by atoms with Crippen LogP contribution in [-0.4, -0.2) is 0 Å². The zero-order valence-electron chi connectivity index (χ0n) is 17.5. The summed E-state index contributed by atoms with van der Waals surface area (Å²) in [5.41, 5.74) is 3.87. The Hall–Kier alpha value is -3.39. The number of hydrogen-bond donors (Lipinski definition) is 0. The Balaban J connectivity index is 1.85. The molecule has 0 radical (unpaired) electrons. The lowest BCUT2D eigenvalue weighted by molar-refractivity contribution is 0.558. The van der Waals surface area contributed by atoms with Crippen LogP contribution in [-0.2, 0) is 11.8 Å². The molecule has 148 valence electrons. The largest absolute Gasteiger partial charge is 0.423 e. The summed E-state index contributed by atoms with van der Waals surface area (Å²) >= 11 is 0. The molecule has 5 aromatic rings. The smallest absolute Gasteiger partial charge is 0.336 e. The molecule has 5 rings (SSSR count). The molecule has 2 heteroatoms. The van der Waals surface area contributed by atoms with E-state index in [4.69, 9.17) is 4.42 Å². The summed E-state index contributed by atoms with van der Waals surface area (Å²) in [7, 11) is 0. The Morgan fingerprint density at radius 2 is 1.43 bits per heavy atom. The van der Waals surface area contributed by atoms with Gasteiger partial charge in [0, 0.05) is 16.9 Å². The molecule has 0 aliphatic rings. The maximum Gasteiger partial charge on any atom is 0.336 e. The van der Waals surface area contributed by atoms with Crippen molar-refractivity contribution in [2.45, 2.75) is 32.6 Å². The third kappa shape index (κ3) is 2.75. The molecule has 0 N–H and O–H groups in total. The Labute approximate surface area is 175 Å². The second kappa shape index (κ2) is 6.84. The molecular formula is C28H24O2. The molecule has 0 amide bonds. The Bertz CT molecular complexity index is 1470. The summed E-state index contributed by atoms with van der Waals surface area (Å²) in [5.74, 6) is 0. The minimum absolute atomic E-state index is 0.271. The molecule has 0 saturated carbocycles. The predicted octanol–water partition coefficient (Wildman–Crippen LogP) is 6.99. The van der Waals surface area contributed by atoms with Crippen LogP contribution in [0, 0.1) is 0 Å². The molecule has 30 heavy (non-hydrogen) atoms. The highest BCUT2D eigenvalue weighted by molar-refractivity contribution is 6.04. The summed E-state index contributed by atoms with van der Waals surface area (Å²) in [4.78, 5) is 11.7. The van der Waals surface area contributed by atoms with E-state index in [1.165, 1.54) is 38.7 Å². The van der Waals surface area contributed by atoms with Gasteiger partial charge in [0.15, 0.2) is 0 Å². The monoisotopic (exact) mass is 392 g/mol. The highest BCUT2D eigenvalue weighted by atomic mass is 16.4. The summed E-state index contributed by atoms with van der Waals surface area (Å²) in [5, 5.41) is 6.18. The SMILES string of the molecule is CCc1c2ccccc2cc2c(C(C)(C)c3cccc4oc(=O)ccc34)cccc12. The molecule has 0 atom stereocenters. The van der Waals surface area contributed by atoms with Crippen molar-refractivity contribution < 1.29 is 4.42 Å². The van der Waals surface area contributed by atoms with Crippen molar-refractivity contribution in [1.29, 1.82) is 0 Å². The highest BCUT2D eigenvalue weighted by Crippen LogP contribution is 2.41. The molecule has 0 aliphatic heterocycles. The van der Waals surface area contributed by atoms with E-state index in [0.717, 1.165) is 17.4 Å². The third-order valence-electron chi connectivity index (χ3n) is 6.38. The molecule has 0 aliphatic carbocycles. The molecule has 1 heterocycles. The van der Waals surface area contributed by atoms with E-state index in [1.807, 2.05) is 18.2 Å². The first-order valence-corrected chi connectivity index (χ1v) is 10.5. The van der Waals surface area contributed by atoms with Gasteiger partial charge in [0.05, 0.1) is 0 Å². The standard InChI is InChI=1S/C28H24O2/c1-4-19-20-10-6-5-9-18(20)17-23-21(19)11-7-12-25(23)28(2,3)24-13-8-14-26-22(24)15-16-27(29)30-26/h5-17H,4H2,1-3H3. The quantitative estimate of drug-likeness (QED) is 0.245. The van der Waals surface area contributed by atoms with Crippen molar-refractivity contribution in [3.63, 3.8) is 0 Å². The maximum absolute atomic E-state index is 11.7. The number of benzene rings is 4. The van der Waals surface area contributed by atoms with Gasteiger partial charge < -0.3 is 4.42 Å². The van der Waals surface area contributed by atoms with Gasteiger partial charge in [-0.05, 0) is 62.9 Å². The van der Waals surface area contributed by atoms with Gasteiger partial charge in [0.25, 0.3) is 0 Å². The fraction of sp³-hybridized carbons (Fsp3) is 0.179. The van der Waals surface area contributed by atoms with Crippen molar-refractivity contribution in [1.82, 2.24) is 0 Å². The van der Waals surface area contributed by atoms with E-state index >= 15 is 0 Å². The average molecular weight is 392 g/mol. The molecule has 1 aromatic heterocycles. The van der Waals surface area contributed by atoms with Crippen molar-refractivity contribution in [2.75, 3.05) is 0 Å². The zero-order chi connectivity index (χ0) is 20.9. The van der Waals surface area contributed by atoms with E-state index < -0.39 is 0 Å². The lowest BCUT2D eigenvalue weighted by Gasteiger charge is -2.29. The Morgan fingerprint density at radius 1 is 0.733 bits per heavy atom. The second-order valence-electron chi connectivity index (χ2n) is 8.43. The molecule has 0 unspecified atom stereocenters. The normalized spacial score (nSPS) is 12.1. The Morgan fingerprint density at radius 3 is 2.23 bits per heavy atom. The van der Waals surface area contributed by atoms with Crippen LogP contribution in [0.2, 0.25) is 0 Å². The number of fused-ring (bicyclic) bond motifs is 3. The van der Waals surface area contributed by atoms with E-state index in [0.29, 0.717) is 5.58 Å². The van der Waals surface area contributed by atoms with Gasteiger partial charge in [-0.2, -0.15) is 0 Å². The molecular weight excluding hydrogens is 368 g/mol. The van der Waals surface area contributed by atoms with Crippen LogP contribution in [0.5, 0.6) is 0 Å². The van der Waals surface area contributed by atoms with Crippen LogP contribution in [0.15, 0.2) is 88.1 Å². The zero-order valence-corrected chi connectivity index (χ0v) is 17.5. The minimum Gasteiger partial charge on any atom is -0.423 e. The van der Waals surface area contributed by atoms with Gasteiger partial charge in [0.1, 0.15) is 5.58 Å². The van der Waals surface area contributed by atoms with Gasteiger partial charge >= 0.3 is 5.63 Å². The van der Waals surface area contributed by atoms with Crippen LogP contribution >= 0.6 is 0 Å². The maximum atomic E-state index is 11.7. The first kappa shape index (κ1) is 18.6. The Kier molecular flexibility index (Phi) is 4.25. The van der Waals surface area contributed by atoms with Crippen molar-refractivity contribution in [3.8, 4) is 0 Å². The first-order valence-electron chi connectivity index (χ1n) is 10.5. The van der Waals surface area contributed by atoms with Crippen LogP contribution in [0.1, 0.15) is 37.5 Å². The van der Waals surface area contributed by atoms with Crippen molar-refractivity contribution in [2.24, 2.45) is 0 Å². The van der Waals surface area contributed by atoms with E-state index in [9.17, 15) is 4.79 Å². The summed E-state index contributed by atoms with van der Waals surface area (Å²) in [6.45, 7) is 6.73. The van der Waals surface area contributed by atoms with Gasteiger partial charge in [-0.25, -0.2) is 4.79 Å². The van der Waals surface area contributed by atoms with E-state index in [1.54, 1.807) is 0 Å². The van der Waals surface area contributed by atoms with Crippen molar-refractivity contribution >= 4 is 32.5 Å². The molecule has 2 nitrogen and oxygen atoms in total. The van der Waals surface area contributed by atoms with E-state index in [-0.39, 0.29) is 11.0 Å². The van der Waals surface area contributed by atoms with Crippen LogP contribution in [0.3, 0.4) is 0 Å². The van der Waals surface area contributed by atoms with Crippen LogP contribution < -0.4 is 5.63 Å². The van der Waals surface area contributed by atoms with Crippen LogP contribution in [0.25, 0.3) is 32.5 Å². The number of rotatable bonds is 3. The topological polar surface area (TPSA) is 30.2 Å². The first-order chi connectivity index (χ1) is 14.5. The minimum atomic E-state index is -0.318. The summed E-state index contributed by atoms with van der Waals surface area (Å²) < 4.78 is 5.46. The van der Waals surface area contributed by atoms with Gasteiger partial charge in [-0.15, -0.1) is 0 Å². The third-order valence-corrected chi connectivity index (χ3v) is 6.38.